The van der Waals surface area contributed by atoms with Crippen LogP contribution in [-0.4, -0.2) is 24.8 Å². The minimum absolute atomic E-state index is 0. The Balaban J connectivity index is 0. The van der Waals surface area contributed by atoms with Crippen molar-refractivity contribution >= 4 is 0 Å². The number of quaternary nitrogens is 1. The van der Waals surface area contributed by atoms with Crippen LogP contribution in [0, 0.1) is 0 Å². The summed E-state index contributed by atoms with van der Waals surface area (Å²) in [4.78, 5) is 0. The van der Waals surface area contributed by atoms with Crippen molar-refractivity contribution in [3.05, 3.63) is 0 Å². The van der Waals surface area contributed by atoms with Crippen LogP contribution in [-0.2, 0) is 0 Å². The summed E-state index contributed by atoms with van der Waals surface area (Å²) in [5, 5.41) is 10.4. The molecule has 0 aromatic rings. The van der Waals surface area contributed by atoms with E-state index in [1.165, 1.54) is 6.42 Å². The van der Waals surface area contributed by atoms with Crippen molar-refractivity contribution < 1.29 is 22.8 Å². The number of aliphatic hydroxyl groups excluding tert-OH is 1. The van der Waals surface area contributed by atoms with E-state index in [1.54, 1.807) is 0 Å². The van der Waals surface area contributed by atoms with Crippen LogP contribution in [0.4, 0.5) is 0 Å². The van der Waals surface area contributed by atoms with Crippen molar-refractivity contribution in [3.63, 3.8) is 0 Å². The van der Waals surface area contributed by atoms with Crippen LogP contribution in [0.5, 0.6) is 0 Å². The van der Waals surface area contributed by atoms with E-state index in [0.717, 1.165) is 13.1 Å². The van der Waals surface area contributed by atoms with Gasteiger partial charge in [-0.3, -0.25) is 0 Å². The van der Waals surface area contributed by atoms with E-state index in [9.17, 15) is 0 Å². The first-order chi connectivity index (χ1) is 3.41. The van der Waals surface area contributed by atoms with Gasteiger partial charge in [-0.2, -0.15) is 0 Å². The Bertz CT molecular complexity index is 31.6. The molecule has 3 N–H and O–H groups in total. The van der Waals surface area contributed by atoms with Crippen molar-refractivity contribution in [2.24, 2.45) is 0 Å². The lowest BCUT2D eigenvalue weighted by molar-refractivity contribution is -0.655. The van der Waals surface area contributed by atoms with E-state index < -0.39 is 0 Å². The second-order valence-corrected chi connectivity index (χ2v) is 1.59. The third-order valence-electron chi connectivity index (χ3n) is 0.826. The first-order valence-electron chi connectivity index (χ1n) is 2.84. The molecule has 0 unspecified atom stereocenters. The SMILES string of the molecule is CCC[NH2+]CCO.[Cl-]. The Hall–Kier alpha value is 0.210. The average Bonchev–Trinajstić information content (AvgIpc) is 1.69. The van der Waals surface area contributed by atoms with Gasteiger partial charge in [0, 0.05) is 0 Å². The summed E-state index contributed by atoms with van der Waals surface area (Å²) in [6.45, 7) is 4.43. The standard InChI is InChI=1S/C5H13NO.ClH/c1-2-3-6-4-5-7;/h6-7H,2-5H2,1H3;1H. The second-order valence-electron chi connectivity index (χ2n) is 1.59. The largest absolute Gasteiger partial charge is 1.00 e. The minimum Gasteiger partial charge on any atom is -1.00 e. The van der Waals surface area contributed by atoms with Crippen LogP contribution in [0.25, 0.3) is 0 Å². The summed E-state index contributed by atoms with van der Waals surface area (Å²) >= 11 is 0. The highest BCUT2D eigenvalue weighted by Crippen LogP contribution is 1.57. The molecule has 0 bridgehead atoms. The molecule has 0 fully saturated rings. The Morgan fingerprint density at radius 1 is 1.38 bits per heavy atom. The molecule has 0 aliphatic carbocycles. The van der Waals surface area contributed by atoms with Gasteiger partial charge in [-0.1, -0.05) is 6.92 Å². The first kappa shape index (κ1) is 11.1. The molecule has 0 aliphatic heterocycles. The topological polar surface area (TPSA) is 36.8 Å². The van der Waals surface area contributed by atoms with Crippen LogP contribution in [0.3, 0.4) is 0 Å². The number of aliphatic hydroxyl groups is 1. The first-order valence-corrected chi connectivity index (χ1v) is 2.84. The van der Waals surface area contributed by atoms with Gasteiger partial charge in [0.1, 0.15) is 0 Å². The molecule has 0 aliphatic rings. The lowest BCUT2D eigenvalue weighted by atomic mass is 10.5. The molecule has 52 valence electrons. The molecular weight excluding hydrogens is 126 g/mol. The van der Waals surface area contributed by atoms with Crippen molar-refractivity contribution in [1.29, 1.82) is 0 Å². The molecule has 0 atom stereocenters. The fraction of sp³-hybridized carbons (Fsp3) is 1.00. The zero-order chi connectivity index (χ0) is 5.54. The maximum atomic E-state index is 8.26. The Kier molecular flexibility index (Phi) is 14.2. The number of hydrogen-bond acceptors (Lipinski definition) is 1. The maximum Gasteiger partial charge on any atom is 0.0990 e. The van der Waals surface area contributed by atoms with E-state index in [1.807, 2.05) is 0 Å². The quantitative estimate of drug-likeness (QED) is 0.383. The smallest absolute Gasteiger partial charge is 0.0990 e. The van der Waals surface area contributed by atoms with Gasteiger partial charge in [0.05, 0.1) is 19.7 Å². The van der Waals surface area contributed by atoms with Gasteiger partial charge in [-0.15, -0.1) is 0 Å². The molecule has 2 nitrogen and oxygen atoms in total. The van der Waals surface area contributed by atoms with Crippen molar-refractivity contribution in [2.45, 2.75) is 13.3 Å². The highest BCUT2D eigenvalue weighted by atomic mass is 35.5. The highest BCUT2D eigenvalue weighted by Gasteiger charge is 1.81. The Morgan fingerprint density at radius 3 is 2.38 bits per heavy atom. The van der Waals surface area contributed by atoms with Gasteiger partial charge in [0.15, 0.2) is 0 Å². The predicted molar refractivity (Wildman–Crippen MR) is 29.0 cm³/mol. The lowest BCUT2D eigenvalue weighted by Crippen LogP contribution is -3.00. The van der Waals surface area contributed by atoms with Gasteiger partial charge in [0.2, 0.25) is 0 Å². The monoisotopic (exact) mass is 139 g/mol. The third kappa shape index (κ3) is 9.51. The molecule has 0 amide bonds. The molecule has 0 radical (unpaired) electrons. The summed E-state index contributed by atoms with van der Waals surface area (Å²) < 4.78 is 0. The maximum absolute atomic E-state index is 8.26. The molecular formula is C5H14ClNO. The average molecular weight is 140 g/mol. The van der Waals surface area contributed by atoms with E-state index in [4.69, 9.17) is 5.11 Å². The molecule has 0 heterocycles. The summed E-state index contributed by atoms with van der Waals surface area (Å²) in [7, 11) is 0. The van der Waals surface area contributed by atoms with Crippen molar-refractivity contribution in [2.75, 3.05) is 19.7 Å². The van der Waals surface area contributed by atoms with Crippen molar-refractivity contribution in [1.82, 2.24) is 0 Å². The molecule has 0 saturated carbocycles. The zero-order valence-corrected chi connectivity index (χ0v) is 5.99. The zero-order valence-electron chi connectivity index (χ0n) is 5.23. The number of rotatable bonds is 4. The van der Waals surface area contributed by atoms with Crippen LogP contribution in [0.15, 0.2) is 0 Å². The highest BCUT2D eigenvalue weighted by molar-refractivity contribution is 4.16. The van der Waals surface area contributed by atoms with E-state index in [2.05, 4.69) is 12.2 Å². The molecule has 3 heteroatoms. The fourth-order valence-electron chi connectivity index (χ4n) is 0.440. The third-order valence-corrected chi connectivity index (χ3v) is 0.826. The Labute approximate surface area is 56.7 Å². The van der Waals surface area contributed by atoms with Gasteiger partial charge in [-0.05, 0) is 6.42 Å². The van der Waals surface area contributed by atoms with Crippen molar-refractivity contribution in [3.8, 4) is 0 Å². The number of hydrogen-bond donors (Lipinski definition) is 2. The number of halogens is 1. The van der Waals surface area contributed by atoms with Crippen LogP contribution >= 0.6 is 0 Å². The molecule has 0 spiro atoms. The lowest BCUT2D eigenvalue weighted by Gasteiger charge is -1.92. The van der Waals surface area contributed by atoms with Crippen LogP contribution in [0.1, 0.15) is 13.3 Å². The van der Waals surface area contributed by atoms with Gasteiger partial charge < -0.3 is 22.8 Å². The molecule has 0 aromatic carbocycles. The summed E-state index contributed by atoms with van der Waals surface area (Å²) in [6, 6.07) is 0. The second kappa shape index (κ2) is 10.2. The number of nitrogens with two attached hydrogens (primary N) is 1. The van der Waals surface area contributed by atoms with E-state index >= 15 is 0 Å². The normalized spacial score (nSPS) is 8.25. The van der Waals surface area contributed by atoms with E-state index in [-0.39, 0.29) is 12.4 Å². The fourth-order valence-corrected chi connectivity index (χ4v) is 0.440. The summed E-state index contributed by atoms with van der Waals surface area (Å²) in [6.07, 6.45) is 1.19. The van der Waals surface area contributed by atoms with Gasteiger partial charge in [0.25, 0.3) is 0 Å². The van der Waals surface area contributed by atoms with Crippen LogP contribution in [0.2, 0.25) is 0 Å². The van der Waals surface area contributed by atoms with E-state index in [0.29, 0.717) is 6.61 Å². The van der Waals surface area contributed by atoms with Gasteiger partial charge >= 0.3 is 0 Å². The summed E-state index contributed by atoms with van der Waals surface area (Å²) in [5.74, 6) is 0. The predicted octanol–water partition coefficient (Wildman–Crippen LogP) is -4.04. The molecule has 0 saturated heterocycles. The molecule has 0 aromatic heterocycles. The minimum atomic E-state index is 0. The van der Waals surface area contributed by atoms with Crippen LogP contribution < -0.4 is 17.7 Å². The Morgan fingerprint density at radius 2 is 2.00 bits per heavy atom. The van der Waals surface area contributed by atoms with Gasteiger partial charge in [-0.25, -0.2) is 0 Å². The molecule has 0 rings (SSSR count). The summed E-state index contributed by atoms with van der Waals surface area (Å²) in [5.41, 5.74) is 0. The molecule has 8 heavy (non-hydrogen) atoms.